The molecular weight excluding hydrogens is 384 g/mol. The predicted octanol–water partition coefficient (Wildman–Crippen LogP) is 3.23. The number of hydrogen-bond donors (Lipinski definition) is 2. The van der Waals surface area contributed by atoms with Gasteiger partial charge in [-0.05, 0) is 40.8 Å². The van der Waals surface area contributed by atoms with Crippen molar-refractivity contribution >= 4 is 5.97 Å². The van der Waals surface area contributed by atoms with Crippen LogP contribution in [0.2, 0.25) is 0 Å². The number of aromatic hydroxyl groups is 1. The van der Waals surface area contributed by atoms with E-state index in [2.05, 4.69) is 20.8 Å². The fourth-order valence-corrected chi connectivity index (χ4v) is 3.27. The van der Waals surface area contributed by atoms with Crippen molar-refractivity contribution in [2.45, 2.75) is 32.6 Å². The first-order valence-electron chi connectivity index (χ1n) is 9.62. The Balaban J connectivity index is 1.99. The zero-order valence-electron chi connectivity index (χ0n) is 17.5. The first kappa shape index (κ1) is 21.2. The summed E-state index contributed by atoms with van der Waals surface area (Å²) in [6.07, 6.45) is 0.271. The number of rotatable bonds is 6. The molecule has 0 radical (unpaired) electrons. The van der Waals surface area contributed by atoms with E-state index in [-0.39, 0.29) is 23.4 Å². The Morgan fingerprint density at radius 3 is 2.37 bits per heavy atom. The fraction of sp³-hybridized carbons (Fsp3) is 0.304. The minimum atomic E-state index is -1.06. The van der Waals surface area contributed by atoms with Crippen LogP contribution in [0.5, 0.6) is 11.6 Å². The third kappa shape index (κ3) is 4.40. The Morgan fingerprint density at radius 2 is 1.77 bits per heavy atom. The summed E-state index contributed by atoms with van der Waals surface area (Å²) in [5.41, 5.74) is 2.67. The van der Waals surface area contributed by atoms with Crippen LogP contribution in [0, 0.1) is 0 Å². The lowest BCUT2D eigenvalue weighted by atomic mass is 9.87. The largest absolute Gasteiger partial charge is 0.493 e. The number of aromatic nitrogens is 2. The van der Waals surface area contributed by atoms with E-state index in [4.69, 9.17) is 9.84 Å². The summed E-state index contributed by atoms with van der Waals surface area (Å²) in [4.78, 5) is 23.5. The van der Waals surface area contributed by atoms with E-state index in [1.807, 2.05) is 30.3 Å². The average molecular weight is 410 g/mol. The molecular formula is C23H26N2O5. The maximum atomic E-state index is 12.8. The number of benzene rings is 2. The molecule has 0 bridgehead atoms. The van der Waals surface area contributed by atoms with Gasteiger partial charge in [-0.2, -0.15) is 0 Å². The number of carbonyl (C=O) groups is 1. The van der Waals surface area contributed by atoms with Crippen molar-refractivity contribution in [2.75, 3.05) is 6.61 Å². The molecule has 0 amide bonds. The molecule has 2 N–H and O–H groups in total. The highest BCUT2D eigenvalue weighted by Crippen LogP contribution is 2.26. The number of imidazole rings is 1. The number of carboxylic acid groups (broad SMARTS) is 1. The molecule has 0 spiro atoms. The van der Waals surface area contributed by atoms with Crippen molar-refractivity contribution in [2.24, 2.45) is 7.05 Å². The second-order valence-electron chi connectivity index (χ2n) is 8.25. The van der Waals surface area contributed by atoms with Gasteiger partial charge in [-0.15, -0.1) is 0 Å². The molecule has 3 rings (SSSR count). The molecule has 0 unspecified atom stereocenters. The van der Waals surface area contributed by atoms with Crippen LogP contribution in [-0.2, 0) is 23.7 Å². The van der Waals surface area contributed by atoms with Crippen LogP contribution in [0.1, 0.15) is 37.6 Å². The molecule has 0 aliphatic carbocycles. The van der Waals surface area contributed by atoms with Gasteiger partial charge in [0, 0.05) is 13.5 Å². The van der Waals surface area contributed by atoms with E-state index in [1.165, 1.54) is 16.2 Å². The SMILES string of the molecule is Cn1c(O)c(Cc2cccc(OCC(=O)O)c2)n(-c2ccc(C(C)(C)C)cc2)c1=O. The summed E-state index contributed by atoms with van der Waals surface area (Å²) < 4.78 is 7.93. The standard InChI is InChI=1S/C23H26N2O5/c1-23(2,3)16-8-10-17(11-9-16)25-19(21(28)24(4)22(25)29)13-15-6-5-7-18(12-15)30-14-20(26)27/h5-12,28H,13-14H2,1-4H3,(H,26,27). The zero-order chi connectivity index (χ0) is 22.1. The van der Waals surface area contributed by atoms with Crippen molar-refractivity contribution < 1.29 is 19.7 Å². The first-order valence-corrected chi connectivity index (χ1v) is 9.62. The highest BCUT2D eigenvalue weighted by atomic mass is 16.5. The Labute approximate surface area is 174 Å². The van der Waals surface area contributed by atoms with E-state index < -0.39 is 12.6 Å². The Morgan fingerprint density at radius 1 is 1.10 bits per heavy atom. The van der Waals surface area contributed by atoms with E-state index in [0.717, 1.165) is 11.1 Å². The summed E-state index contributed by atoms with van der Waals surface area (Å²) in [6, 6.07) is 14.6. The van der Waals surface area contributed by atoms with E-state index in [9.17, 15) is 14.7 Å². The van der Waals surface area contributed by atoms with Gasteiger partial charge in [0.25, 0.3) is 0 Å². The molecule has 0 aliphatic heterocycles. The summed E-state index contributed by atoms with van der Waals surface area (Å²) >= 11 is 0. The second kappa shape index (κ2) is 8.10. The molecule has 1 aromatic heterocycles. The van der Waals surface area contributed by atoms with Crippen LogP contribution < -0.4 is 10.4 Å². The first-order chi connectivity index (χ1) is 14.1. The van der Waals surface area contributed by atoms with Crippen LogP contribution in [0.4, 0.5) is 0 Å². The molecule has 0 aliphatic rings. The summed E-state index contributed by atoms with van der Waals surface area (Å²) in [7, 11) is 1.52. The number of hydrogen-bond acceptors (Lipinski definition) is 4. The van der Waals surface area contributed by atoms with Crippen molar-refractivity contribution in [3.8, 4) is 17.3 Å². The van der Waals surface area contributed by atoms with E-state index >= 15 is 0 Å². The van der Waals surface area contributed by atoms with Crippen LogP contribution in [0.3, 0.4) is 0 Å². The smallest absolute Gasteiger partial charge is 0.341 e. The van der Waals surface area contributed by atoms with E-state index in [1.54, 1.807) is 18.2 Å². The third-order valence-electron chi connectivity index (χ3n) is 4.95. The minimum absolute atomic E-state index is 0.0124. The van der Waals surface area contributed by atoms with Gasteiger partial charge in [-0.1, -0.05) is 45.0 Å². The minimum Gasteiger partial charge on any atom is -0.493 e. The number of aliphatic carboxylic acids is 1. The fourth-order valence-electron chi connectivity index (χ4n) is 3.27. The van der Waals surface area contributed by atoms with Crippen LogP contribution in [0.15, 0.2) is 53.3 Å². The lowest BCUT2D eigenvalue weighted by Gasteiger charge is -2.19. The van der Waals surface area contributed by atoms with Crippen molar-refractivity contribution in [3.05, 3.63) is 75.8 Å². The molecule has 0 atom stereocenters. The van der Waals surface area contributed by atoms with Gasteiger partial charge < -0.3 is 14.9 Å². The van der Waals surface area contributed by atoms with Crippen molar-refractivity contribution in [1.82, 2.24) is 9.13 Å². The summed E-state index contributed by atoms with van der Waals surface area (Å²) in [6.45, 7) is 5.92. The molecule has 0 saturated heterocycles. The molecule has 7 nitrogen and oxygen atoms in total. The Kier molecular flexibility index (Phi) is 5.73. The number of ether oxygens (including phenoxy) is 1. The van der Waals surface area contributed by atoms with Gasteiger partial charge in [0.15, 0.2) is 6.61 Å². The van der Waals surface area contributed by atoms with Gasteiger partial charge >= 0.3 is 11.7 Å². The highest BCUT2D eigenvalue weighted by Gasteiger charge is 2.20. The summed E-state index contributed by atoms with van der Waals surface area (Å²) in [5.74, 6) is -0.765. The Bertz CT molecular complexity index is 1120. The molecule has 158 valence electrons. The number of nitrogens with zero attached hydrogens (tertiary/aromatic N) is 2. The molecule has 30 heavy (non-hydrogen) atoms. The van der Waals surface area contributed by atoms with Gasteiger partial charge in [-0.25, -0.2) is 9.59 Å². The topological polar surface area (TPSA) is 93.7 Å². The van der Waals surface area contributed by atoms with Gasteiger partial charge in [0.2, 0.25) is 5.88 Å². The molecule has 7 heteroatoms. The normalized spacial score (nSPS) is 11.5. The van der Waals surface area contributed by atoms with Crippen LogP contribution >= 0.6 is 0 Å². The molecule has 3 aromatic rings. The second-order valence-corrected chi connectivity index (χ2v) is 8.25. The lowest BCUT2D eigenvalue weighted by Crippen LogP contribution is -2.22. The van der Waals surface area contributed by atoms with Gasteiger partial charge in [0.05, 0.1) is 11.4 Å². The van der Waals surface area contributed by atoms with Crippen LogP contribution in [-0.4, -0.2) is 31.9 Å². The maximum absolute atomic E-state index is 12.8. The predicted molar refractivity (Wildman–Crippen MR) is 114 cm³/mol. The van der Waals surface area contributed by atoms with Gasteiger partial charge in [0.1, 0.15) is 5.75 Å². The van der Waals surface area contributed by atoms with Gasteiger partial charge in [-0.3, -0.25) is 9.13 Å². The maximum Gasteiger partial charge on any atom is 0.341 e. The molecule has 0 fully saturated rings. The van der Waals surface area contributed by atoms with E-state index in [0.29, 0.717) is 17.1 Å². The zero-order valence-corrected chi connectivity index (χ0v) is 17.5. The number of carboxylic acids is 1. The molecule has 1 heterocycles. The molecule has 0 saturated carbocycles. The quantitative estimate of drug-likeness (QED) is 0.651. The Hall–Kier alpha value is -3.48. The molecule has 2 aromatic carbocycles. The van der Waals surface area contributed by atoms with Crippen molar-refractivity contribution in [3.63, 3.8) is 0 Å². The average Bonchev–Trinajstić information content (AvgIpc) is 2.90. The lowest BCUT2D eigenvalue weighted by molar-refractivity contribution is -0.139. The third-order valence-corrected chi connectivity index (χ3v) is 4.95. The van der Waals surface area contributed by atoms with Crippen LogP contribution in [0.25, 0.3) is 5.69 Å². The monoisotopic (exact) mass is 410 g/mol. The van der Waals surface area contributed by atoms with Crippen molar-refractivity contribution in [1.29, 1.82) is 0 Å². The highest BCUT2D eigenvalue weighted by molar-refractivity contribution is 5.68. The summed E-state index contributed by atoms with van der Waals surface area (Å²) in [5, 5.41) is 19.4.